The number of hydrogen-bond acceptors (Lipinski definition) is 6. The number of anilines is 2. The van der Waals surface area contributed by atoms with Crippen LogP contribution in [0.4, 0.5) is 11.4 Å². The highest BCUT2D eigenvalue weighted by Gasteiger charge is 2.31. The molecule has 4 rings (SSSR count). The molecule has 2 aromatic rings. The average Bonchev–Trinajstić information content (AvgIpc) is 3.22. The predicted octanol–water partition coefficient (Wildman–Crippen LogP) is 2.90. The van der Waals surface area contributed by atoms with Crippen LogP contribution in [0.1, 0.15) is 32.3 Å². The van der Waals surface area contributed by atoms with E-state index >= 15 is 0 Å². The maximum Gasteiger partial charge on any atom is 0.226 e. The zero-order valence-corrected chi connectivity index (χ0v) is 21.4. The number of methoxy groups -OCH3 is 1. The molecule has 0 radical (unpaired) electrons. The molecular formula is C26H33N3O5S. The van der Waals surface area contributed by atoms with Crippen LogP contribution < -0.4 is 14.5 Å². The number of benzene rings is 2. The molecule has 8 nitrogen and oxygen atoms in total. The molecule has 0 bridgehead atoms. The van der Waals surface area contributed by atoms with Crippen molar-refractivity contribution < 1.29 is 22.7 Å². The molecule has 0 N–H and O–H groups in total. The van der Waals surface area contributed by atoms with Gasteiger partial charge in [-0.05, 0) is 61.4 Å². The normalized spacial score (nSPS) is 17.9. The summed E-state index contributed by atoms with van der Waals surface area (Å²) in [5.41, 5.74) is 2.72. The lowest BCUT2D eigenvalue weighted by molar-refractivity contribution is -0.131. The highest BCUT2D eigenvalue weighted by molar-refractivity contribution is 7.91. The second kappa shape index (κ2) is 10.3. The third kappa shape index (κ3) is 5.29. The molecule has 1 saturated heterocycles. The summed E-state index contributed by atoms with van der Waals surface area (Å²) in [5, 5.41) is 0. The molecule has 2 aliphatic heterocycles. The number of amides is 2. The van der Waals surface area contributed by atoms with Crippen LogP contribution >= 0.6 is 0 Å². The lowest BCUT2D eigenvalue weighted by Crippen LogP contribution is -2.49. The van der Waals surface area contributed by atoms with Crippen LogP contribution in [0.3, 0.4) is 0 Å². The number of carbonyl (C=O) groups is 2. The quantitative estimate of drug-likeness (QED) is 0.582. The summed E-state index contributed by atoms with van der Waals surface area (Å²) in [6, 6.07) is 12.8. The van der Waals surface area contributed by atoms with E-state index < -0.39 is 9.84 Å². The van der Waals surface area contributed by atoms with Crippen molar-refractivity contribution in [3.8, 4) is 5.75 Å². The Kier molecular flexibility index (Phi) is 7.35. The van der Waals surface area contributed by atoms with E-state index in [0.29, 0.717) is 39.0 Å². The van der Waals surface area contributed by atoms with Crippen molar-refractivity contribution >= 4 is 33.0 Å². The SMILES string of the molecule is CCC(=O)N1c2ccc(S(=O)(=O)CCC(=O)N3CCN(c4ccc(OC)cc4)CC3)cc2C[C@@H]1C. The summed E-state index contributed by atoms with van der Waals surface area (Å²) in [6.07, 6.45) is 0.987. The van der Waals surface area contributed by atoms with Crippen LogP contribution in [-0.2, 0) is 25.8 Å². The highest BCUT2D eigenvalue weighted by atomic mass is 32.2. The first-order valence-electron chi connectivity index (χ1n) is 12.1. The second-order valence-electron chi connectivity index (χ2n) is 9.10. The minimum atomic E-state index is -3.61. The van der Waals surface area contributed by atoms with Gasteiger partial charge in [0.05, 0.1) is 17.8 Å². The van der Waals surface area contributed by atoms with Crippen LogP contribution in [0, 0.1) is 0 Å². The number of rotatable bonds is 7. The third-order valence-corrected chi connectivity index (χ3v) is 8.57. The van der Waals surface area contributed by atoms with Crippen molar-refractivity contribution in [3.05, 3.63) is 48.0 Å². The van der Waals surface area contributed by atoms with E-state index in [0.717, 1.165) is 22.7 Å². The van der Waals surface area contributed by atoms with Gasteiger partial charge in [0.25, 0.3) is 0 Å². The van der Waals surface area contributed by atoms with E-state index in [1.165, 1.54) is 0 Å². The summed E-state index contributed by atoms with van der Waals surface area (Å²) in [6.45, 7) is 6.30. The number of carbonyl (C=O) groups excluding carboxylic acids is 2. The third-order valence-electron chi connectivity index (χ3n) is 6.85. The fourth-order valence-corrected chi connectivity index (χ4v) is 6.13. The van der Waals surface area contributed by atoms with Crippen molar-refractivity contribution in [1.29, 1.82) is 0 Å². The maximum atomic E-state index is 13.0. The van der Waals surface area contributed by atoms with Crippen molar-refractivity contribution in [1.82, 2.24) is 4.90 Å². The monoisotopic (exact) mass is 499 g/mol. The van der Waals surface area contributed by atoms with Crippen LogP contribution in [0.25, 0.3) is 0 Å². The zero-order chi connectivity index (χ0) is 25.2. The standard InChI is InChI=1S/C26H33N3O5S/c1-4-25(30)29-19(2)17-20-18-23(9-10-24(20)29)35(32,33)16-11-26(31)28-14-12-27(13-15-28)21-5-7-22(34-3)8-6-21/h5-10,18-19H,4,11-17H2,1-3H3/t19-/m0/s1. The van der Waals surface area contributed by atoms with E-state index in [1.54, 1.807) is 35.1 Å². The number of fused-ring (bicyclic) bond motifs is 1. The first-order valence-corrected chi connectivity index (χ1v) is 13.7. The summed E-state index contributed by atoms with van der Waals surface area (Å²) in [4.78, 5) is 31.0. The van der Waals surface area contributed by atoms with Crippen LogP contribution in [0.2, 0.25) is 0 Å². The van der Waals surface area contributed by atoms with E-state index in [4.69, 9.17) is 4.74 Å². The molecule has 9 heteroatoms. The highest BCUT2D eigenvalue weighted by Crippen LogP contribution is 2.34. The van der Waals surface area contributed by atoms with E-state index in [1.807, 2.05) is 38.1 Å². The maximum absolute atomic E-state index is 13.0. The van der Waals surface area contributed by atoms with Gasteiger partial charge in [0, 0.05) is 56.4 Å². The molecule has 2 amide bonds. The van der Waals surface area contributed by atoms with E-state index in [2.05, 4.69) is 4.90 Å². The molecule has 0 spiro atoms. The number of piperazine rings is 1. The van der Waals surface area contributed by atoms with Gasteiger partial charge in [-0.1, -0.05) is 6.92 Å². The molecule has 35 heavy (non-hydrogen) atoms. The fourth-order valence-electron chi connectivity index (χ4n) is 4.86. The van der Waals surface area contributed by atoms with Crippen molar-refractivity contribution in [2.45, 2.75) is 44.0 Å². The summed E-state index contributed by atoms with van der Waals surface area (Å²) in [5.74, 6) is 0.464. The second-order valence-corrected chi connectivity index (χ2v) is 11.2. The van der Waals surface area contributed by atoms with E-state index in [9.17, 15) is 18.0 Å². The molecule has 0 aliphatic carbocycles. The Labute approximate surface area is 207 Å². The minimum absolute atomic E-state index is 0.00793. The van der Waals surface area contributed by atoms with Gasteiger partial charge in [0.2, 0.25) is 11.8 Å². The van der Waals surface area contributed by atoms with Gasteiger partial charge in [-0.15, -0.1) is 0 Å². The number of sulfone groups is 1. The molecule has 0 unspecified atom stereocenters. The number of ether oxygens (including phenoxy) is 1. The summed E-state index contributed by atoms with van der Waals surface area (Å²) < 4.78 is 31.2. The molecule has 188 valence electrons. The van der Waals surface area contributed by atoms with Crippen molar-refractivity contribution in [3.63, 3.8) is 0 Å². The smallest absolute Gasteiger partial charge is 0.226 e. The average molecular weight is 500 g/mol. The molecule has 2 heterocycles. The lowest BCUT2D eigenvalue weighted by atomic mass is 10.1. The van der Waals surface area contributed by atoms with Gasteiger partial charge in [-0.2, -0.15) is 0 Å². The van der Waals surface area contributed by atoms with Crippen molar-refractivity contribution in [2.75, 3.05) is 48.8 Å². The Bertz CT molecular complexity index is 1190. The fraction of sp³-hybridized carbons (Fsp3) is 0.462. The Balaban J connectivity index is 1.33. The topological polar surface area (TPSA) is 87.2 Å². The van der Waals surface area contributed by atoms with Crippen LogP contribution in [-0.4, -0.2) is 70.2 Å². The first kappa shape index (κ1) is 25.0. The summed E-state index contributed by atoms with van der Waals surface area (Å²) >= 11 is 0. The van der Waals surface area contributed by atoms with Gasteiger partial charge in [0.15, 0.2) is 9.84 Å². The zero-order valence-electron chi connectivity index (χ0n) is 20.6. The Morgan fingerprint density at radius 2 is 1.69 bits per heavy atom. The Morgan fingerprint density at radius 3 is 2.31 bits per heavy atom. The van der Waals surface area contributed by atoms with Gasteiger partial charge < -0.3 is 19.4 Å². The van der Waals surface area contributed by atoms with Gasteiger partial charge in [-0.25, -0.2) is 8.42 Å². The molecule has 0 saturated carbocycles. The van der Waals surface area contributed by atoms with Gasteiger partial charge in [-0.3, -0.25) is 9.59 Å². The molecule has 2 aromatic carbocycles. The Hall–Kier alpha value is -3.07. The van der Waals surface area contributed by atoms with Crippen LogP contribution in [0.15, 0.2) is 47.4 Å². The van der Waals surface area contributed by atoms with Crippen molar-refractivity contribution in [2.24, 2.45) is 0 Å². The van der Waals surface area contributed by atoms with E-state index in [-0.39, 0.29) is 34.9 Å². The first-order chi connectivity index (χ1) is 16.7. The van der Waals surface area contributed by atoms with Crippen LogP contribution in [0.5, 0.6) is 5.75 Å². The van der Waals surface area contributed by atoms with Gasteiger partial charge >= 0.3 is 0 Å². The lowest BCUT2D eigenvalue weighted by Gasteiger charge is -2.36. The molecular weight excluding hydrogens is 466 g/mol. The predicted molar refractivity (Wildman–Crippen MR) is 136 cm³/mol. The molecule has 1 atom stereocenters. The molecule has 2 aliphatic rings. The largest absolute Gasteiger partial charge is 0.497 e. The molecule has 0 aromatic heterocycles. The summed E-state index contributed by atoms with van der Waals surface area (Å²) in [7, 11) is -1.98. The minimum Gasteiger partial charge on any atom is -0.497 e. The molecule has 1 fully saturated rings. The number of hydrogen-bond donors (Lipinski definition) is 0. The number of nitrogens with zero attached hydrogens (tertiary/aromatic N) is 3. The van der Waals surface area contributed by atoms with Gasteiger partial charge in [0.1, 0.15) is 5.75 Å². The Morgan fingerprint density at radius 1 is 1.00 bits per heavy atom.